The maximum Gasteiger partial charge on any atom is 0.222 e. The number of nitrogen functional groups attached to an aromatic ring is 2. The third kappa shape index (κ3) is 1.79. The summed E-state index contributed by atoms with van der Waals surface area (Å²) >= 11 is 0. The van der Waals surface area contributed by atoms with Crippen LogP contribution in [0.3, 0.4) is 0 Å². The van der Waals surface area contributed by atoms with E-state index in [4.69, 9.17) is 22.0 Å². The summed E-state index contributed by atoms with van der Waals surface area (Å²) in [5, 5.41) is 18.1. The highest BCUT2D eigenvalue weighted by Crippen LogP contribution is 2.27. The molecule has 1 heterocycles. The number of nitriles is 2. The van der Waals surface area contributed by atoms with E-state index in [0.717, 1.165) is 0 Å². The van der Waals surface area contributed by atoms with Gasteiger partial charge < -0.3 is 11.5 Å². The van der Waals surface area contributed by atoms with Crippen LogP contribution >= 0.6 is 0 Å². The maximum absolute atomic E-state index is 9.08. The van der Waals surface area contributed by atoms with Crippen LogP contribution in [0.1, 0.15) is 11.1 Å². The topological polar surface area (TPSA) is 125 Å². The van der Waals surface area contributed by atoms with E-state index in [9.17, 15) is 0 Å². The van der Waals surface area contributed by atoms with Crippen molar-refractivity contribution in [3.8, 4) is 23.4 Å². The van der Waals surface area contributed by atoms with Gasteiger partial charge in [-0.15, -0.1) is 0 Å². The quantitative estimate of drug-likeness (QED) is 0.762. The van der Waals surface area contributed by atoms with Gasteiger partial charge in [0.25, 0.3) is 0 Å². The van der Waals surface area contributed by atoms with E-state index in [-0.39, 0.29) is 23.0 Å². The van der Waals surface area contributed by atoms with Crippen molar-refractivity contribution in [1.82, 2.24) is 9.97 Å². The molecule has 0 fully saturated rings. The molecular formula is C12H8N6. The lowest BCUT2D eigenvalue weighted by Crippen LogP contribution is -2.05. The second-order valence-electron chi connectivity index (χ2n) is 3.46. The summed E-state index contributed by atoms with van der Waals surface area (Å²) in [6.07, 6.45) is 0. The predicted molar refractivity (Wildman–Crippen MR) is 65.7 cm³/mol. The fourth-order valence-electron chi connectivity index (χ4n) is 1.59. The third-order valence-electron chi connectivity index (χ3n) is 2.37. The van der Waals surface area contributed by atoms with Gasteiger partial charge in [-0.25, -0.2) is 4.98 Å². The molecule has 0 radical (unpaired) electrons. The number of anilines is 2. The van der Waals surface area contributed by atoms with Crippen LogP contribution in [0, 0.1) is 22.7 Å². The molecule has 2 rings (SSSR count). The summed E-state index contributed by atoms with van der Waals surface area (Å²) in [6, 6.07) is 10.7. The van der Waals surface area contributed by atoms with Crippen molar-refractivity contribution in [2.75, 3.05) is 11.5 Å². The average molecular weight is 236 g/mol. The van der Waals surface area contributed by atoms with Crippen molar-refractivity contribution in [3.63, 3.8) is 0 Å². The molecule has 0 saturated carbocycles. The largest absolute Gasteiger partial charge is 0.382 e. The Kier molecular flexibility index (Phi) is 2.78. The van der Waals surface area contributed by atoms with Gasteiger partial charge in [-0.2, -0.15) is 15.5 Å². The smallest absolute Gasteiger partial charge is 0.222 e. The molecule has 0 amide bonds. The van der Waals surface area contributed by atoms with Gasteiger partial charge in [0.05, 0.1) is 17.3 Å². The lowest BCUT2D eigenvalue weighted by molar-refractivity contribution is 1.18. The highest BCUT2D eigenvalue weighted by atomic mass is 15.0. The van der Waals surface area contributed by atoms with Crippen LogP contribution in [0.2, 0.25) is 0 Å². The number of hydrogen-bond acceptors (Lipinski definition) is 6. The molecule has 2 aromatic rings. The minimum atomic E-state index is -0.0331. The molecule has 0 atom stereocenters. The van der Waals surface area contributed by atoms with Crippen molar-refractivity contribution in [3.05, 3.63) is 35.4 Å². The summed E-state index contributed by atoms with van der Waals surface area (Å²) in [5.74, 6) is -0.0259. The molecule has 6 heteroatoms. The molecule has 0 aliphatic rings. The first kappa shape index (κ1) is 11.4. The van der Waals surface area contributed by atoms with Crippen LogP contribution in [0.15, 0.2) is 24.3 Å². The third-order valence-corrected chi connectivity index (χ3v) is 2.37. The van der Waals surface area contributed by atoms with Gasteiger partial charge in [0, 0.05) is 5.56 Å². The molecule has 0 spiro atoms. The summed E-state index contributed by atoms with van der Waals surface area (Å²) in [6.45, 7) is 0. The Morgan fingerprint density at radius 3 is 2.39 bits per heavy atom. The van der Waals surface area contributed by atoms with E-state index in [1.807, 2.05) is 12.1 Å². The van der Waals surface area contributed by atoms with Crippen LogP contribution in [0.4, 0.5) is 11.8 Å². The van der Waals surface area contributed by atoms with Gasteiger partial charge in [0.15, 0.2) is 0 Å². The van der Waals surface area contributed by atoms with E-state index < -0.39 is 0 Å². The zero-order valence-corrected chi connectivity index (χ0v) is 9.25. The number of nitrogens with zero attached hydrogens (tertiary/aromatic N) is 4. The predicted octanol–water partition coefficient (Wildman–Crippen LogP) is 1.05. The maximum atomic E-state index is 9.08. The van der Waals surface area contributed by atoms with Gasteiger partial charge >= 0.3 is 0 Å². The van der Waals surface area contributed by atoms with Crippen LogP contribution in [-0.2, 0) is 0 Å². The monoisotopic (exact) mass is 236 g/mol. The first-order valence-electron chi connectivity index (χ1n) is 5.00. The molecule has 6 nitrogen and oxygen atoms in total. The lowest BCUT2D eigenvalue weighted by atomic mass is 10.0. The van der Waals surface area contributed by atoms with E-state index in [0.29, 0.717) is 11.1 Å². The number of hydrogen-bond donors (Lipinski definition) is 2. The van der Waals surface area contributed by atoms with Crippen molar-refractivity contribution in [2.24, 2.45) is 0 Å². The zero-order chi connectivity index (χ0) is 13.1. The van der Waals surface area contributed by atoms with Crippen molar-refractivity contribution < 1.29 is 0 Å². The first-order chi connectivity index (χ1) is 8.67. The van der Waals surface area contributed by atoms with Crippen molar-refractivity contribution in [2.45, 2.75) is 0 Å². The first-order valence-corrected chi connectivity index (χ1v) is 5.00. The van der Waals surface area contributed by atoms with E-state index >= 15 is 0 Å². The van der Waals surface area contributed by atoms with Gasteiger partial charge in [-0.05, 0) is 6.07 Å². The molecule has 0 aliphatic heterocycles. The highest BCUT2D eigenvalue weighted by Gasteiger charge is 2.15. The molecule has 0 bridgehead atoms. The lowest BCUT2D eigenvalue weighted by Gasteiger charge is -2.07. The fourth-order valence-corrected chi connectivity index (χ4v) is 1.59. The summed E-state index contributed by atoms with van der Waals surface area (Å²) in [5.41, 5.74) is 12.4. The normalized spacial score (nSPS) is 9.44. The number of aromatic nitrogens is 2. The average Bonchev–Trinajstić information content (AvgIpc) is 2.38. The van der Waals surface area contributed by atoms with Gasteiger partial charge in [0.1, 0.15) is 17.5 Å². The van der Waals surface area contributed by atoms with E-state index in [1.165, 1.54) is 0 Å². The highest BCUT2D eigenvalue weighted by molar-refractivity contribution is 5.76. The van der Waals surface area contributed by atoms with Crippen LogP contribution in [0.5, 0.6) is 0 Å². The molecule has 4 N–H and O–H groups in total. The second-order valence-corrected chi connectivity index (χ2v) is 3.46. The second kappa shape index (κ2) is 4.40. The molecule has 18 heavy (non-hydrogen) atoms. The van der Waals surface area contributed by atoms with Gasteiger partial charge in [-0.1, -0.05) is 18.2 Å². The standard InChI is InChI=1S/C12H8N6/c13-5-7-3-1-2-4-8(7)10-9(6-14)11(15)18-12(16)17-10/h1-4H,(H4,15,16,17,18). The Morgan fingerprint density at radius 2 is 1.72 bits per heavy atom. The van der Waals surface area contributed by atoms with Crippen molar-refractivity contribution in [1.29, 1.82) is 10.5 Å². The van der Waals surface area contributed by atoms with Crippen LogP contribution < -0.4 is 11.5 Å². The summed E-state index contributed by atoms with van der Waals surface area (Å²) < 4.78 is 0. The molecule has 0 saturated heterocycles. The SMILES string of the molecule is N#Cc1ccccc1-c1nc(N)nc(N)c1C#N. The molecule has 0 unspecified atom stereocenters. The Morgan fingerprint density at radius 1 is 1.00 bits per heavy atom. The van der Waals surface area contributed by atoms with Crippen molar-refractivity contribution >= 4 is 11.8 Å². The van der Waals surface area contributed by atoms with Crippen LogP contribution in [-0.4, -0.2) is 9.97 Å². The number of nitrogens with two attached hydrogens (primary N) is 2. The molecule has 1 aromatic carbocycles. The fraction of sp³-hybridized carbons (Fsp3) is 0. The van der Waals surface area contributed by atoms with Crippen LogP contribution in [0.25, 0.3) is 11.3 Å². The van der Waals surface area contributed by atoms with E-state index in [1.54, 1.807) is 24.3 Å². The van der Waals surface area contributed by atoms with Gasteiger partial charge in [-0.3, -0.25) is 0 Å². The Hall–Kier alpha value is -3.12. The minimum Gasteiger partial charge on any atom is -0.382 e. The summed E-state index contributed by atoms with van der Waals surface area (Å²) in [7, 11) is 0. The number of rotatable bonds is 1. The molecule has 86 valence electrons. The summed E-state index contributed by atoms with van der Waals surface area (Å²) in [4.78, 5) is 7.72. The number of benzene rings is 1. The Labute approximate surface area is 103 Å². The minimum absolute atomic E-state index is 0.00717. The molecule has 1 aromatic heterocycles. The Balaban J connectivity index is 2.80. The Bertz CT molecular complexity index is 693. The molecule has 0 aliphatic carbocycles. The zero-order valence-electron chi connectivity index (χ0n) is 9.25. The van der Waals surface area contributed by atoms with E-state index in [2.05, 4.69) is 9.97 Å². The molecular weight excluding hydrogens is 228 g/mol. The van der Waals surface area contributed by atoms with Gasteiger partial charge in [0.2, 0.25) is 5.95 Å².